The predicted molar refractivity (Wildman–Crippen MR) is 98.4 cm³/mol. The summed E-state index contributed by atoms with van der Waals surface area (Å²) in [6, 6.07) is 9.51. The summed E-state index contributed by atoms with van der Waals surface area (Å²) >= 11 is 5.97. The molecule has 2 rings (SSSR count). The van der Waals surface area contributed by atoms with Crippen molar-refractivity contribution in [2.45, 2.75) is 32.2 Å². The van der Waals surface area contributed by atoms with Crippen molar-refractivity contribution in [3.8, 4) is 11.3 Å². The first kappa shape index (κ1) is 20.0. The van der Waals surface area contributed by atoms with Gasteiger partial charge in [0.05, 0.1) is 0 Å². The molecule has 7 heteroatoms. The summed E-state index contributed by atoms with van der Waals surface area (Å²) in [7, 11) is 0. The highest BCUT2D eigenvalue weighted by atomic mass is 35.5. The van der Waals surface area contributed by atoms with E-state index in [4.69, 9.17) is 16.0 Å². The smallest absolute Gasteiger partial charge is 0.320 e. The van der Waals surface area contributed by atoms with Crippen molar-refractivity contribution in [2.24, 2.45) is 5.92 Å². The van der Waals surface area contributed by atoms with Gasteiger partial charge in [0.15, 0.2) is 0 Å². The zero-order valence-corrected chi connectivity index (χ0v) is 15.4. The molecule has 2 aromatic rings. The number of carboxylic acid groups (broad SMARTS) is 2. The Hall–Kier alpha value is -2.31. The van der Waals surface area contributed by atoms with E-state index in [1.807, 2.05) is 19.9 Å². The molecule has 1 aromatic carbocycles. The van der Waals surface area contributed by atoms with Crippen molar-refractivity contribution >= 4 is 23.5 Å². The summed E-state index contributed by atoms with van der Waals surface area (Å²) in [6.45, 7) is 3.79. The van der Waals surface area contributed by atoms with Gasteiger partial charge in [-0.1, -0.05) is 37.6 Å². The Morgan fingerprint density at radius 1 is 1.15 bits per heavy atom. The van der Waals surface area contributed by atoms with Crippen molar-refractivity contribution < 1.29 is 24.2 Å². The largest absolute Gasteiger partial charge is 0.481 e. The molecule has 0 radical (unpaired) electrons. The molecular formula is C19H22ClNO5. The van der Waals surface area contributed by atoms with Crippen molar-refractivity contribution in [1.82, 2.24) is 5.32 Å². The first-order chi connectivity index (χ1) is 12.3. The van der Waals surface area contributed by atoms with Crippen LogP contribution in [0.25, 0.3) is 11.3 Å². The van der Waals surface area contributed by atoms with E-state index in [2.05, 4.69) is 5.32 Å². The molecule has 3 N–H and O–H groups in total. The van der Waals surface area contributed by atoms with E-state index in [9.17, 15) is 19.8 Å². The summed E-state index contributed by atoms with van der Waals surface area (Å²) in [5, 5.41) is 22.2. The number of halogens is 1. The van der Waals surface area contributed by atoms with Crippen LogP contribution in [0.1, 0.15) is 31.9 Å². The Balaban J connectivity index is 2.15. The predicted octanol–water partition coefficient (Wildman–Crippen LogP) is 3.86. The van der Waals surface area contributed by atoms with Gasteiger partial charge in [-0.3, -0.25) is 9.59 Å². The van der Waals surface area contributed by atoms with Crippen LogP contribution in [-0.2, 0) is 9.59 Å². The van der Waals surface area contributed by atoms with Crippen LogP contribution in [0.5, 0.6) is 0 Å². The van der Waals surface area contributed by atoms with Crippen LogP contribution < -0.4 is 5.32 Å². The van der Waals surface area contributed by atoms with Crippen molar-refractivity contribution in [3.63, 3.8) is 0 Å². The Morgan fingerprint density at radius 3 is 2.46 bits per heavy atom. The third kappa shape index (κ3) is 5.34. The van der Waals surface area contributed by atoms with Crippen molar-refractivity contribution in [3.05, 3.63) is 47.2 Å². The molecule has 0 saturated carbocycles. The van der Waals surface area contributed by atoms with Gasteiger partial charge in [0.1, 0.15) is 23.5 Å². The summed E-state index contributed by atoms with van der Waals surface area (Å²) in [6.07, 6.45) is 0.410. The maximum atomic E-state index is 11.6. The lowest BCUT2D eigenvalue weighted by Crippen LogP contribution is -2.41. The second-order valence-corrected chi connectivity index (χ2v) is 6.97. The van der Waals surface area contributed by atoms with Gasteiger partial charge >= 0.3 is 11.9 Å². The maximum Gasteiger partial charge on any atom is 0.320 e. The standard InChI is InChI=1S/C19H22ClNO5/c1-11(2)8-15(19(24)25)21-10-14(18(22)23)17-7-6-16(26-17)12-4-3-5-13(20)9-12/h3-7,9,11,14-15,21H,8,10H2,1-2H3,(H,22,23)(H,24,25). The van der Waals surface area contributed by atoms with Crippen molar-refractivity contribution in [2.75, 3.05) is 6.54 Å². The first-order valence-corrected chi connectivity index (χ1v) is 8.70. The van der Waals surface area contributed by atoms with E-state index in [-0.39, 0.29) is 18.2 Å². The average molecular weight is 380 g/mol. The number of carbonyl (C=O) groups is 2. The minimum Gasteiger partial charge on any atom is -0.481 e. The van der Waals surface area contributed by atoms with E-state index < -0.39 is 23.9 Å². The quantitative estimate of drug-likeness (QED) is 0.611. The Labute approximate surface area is 156 Å². The second-order valence-electron chi connectivity index (χ2n) is 6.53. The Kier molecular flexibility index (Phi) is 6.83. The van der Waals surface area contributed by atoms with Crippen molar-refractivity contribution in [1.29, 1.82) is 0 Å². The molecule has 1 heterocycles. The molecule has 0 saturated heterocycles. The maximum absolute atomic E-state index is 11.6. The number of hydrogen-bond donors (Lipinski definition) is 3. The number of rotatable bonds is 9. The van der Waals surface area contributed by atoms with Gasteiger partial charge in [0.2, 0.25) is 0 Å². The van der Waals surface area contributed by atoms with Crippen LogP contribution in [0, 0.1) is 5.92 Å². The minimum atomic E-state index is -1.09. The molecule has 0 bridgehead atoms. The molecule has 0 aliphatic carbocycles. The molecule has 6 nitrogen and oxygen atoms in total. The van der Waals surface area contributed by atoms with Gasteiger partial charge in [0.25, 0.3) is 0 Å². The Morgan fingerprint density at radius 2 is 1.88 bits per heavy atom. The van der Waals surface area contributed by atoms with Crippen LogP contribution in [0.3, 0.4) is 0 Å². The summed E-state index contributed by atoms with van der Waals surface area (Å²) in [4.78, 5) is 23.0. The molecule has 2 unspecified atom stereocenters. The average Bonchev–Trinajstić information content (AvgIpc) is 3.03. The Bertz CT molecular complexity index is 771. The topological polar surface area (TPSA) is 99.8 Å². The van der Waals surface area contributed by atoms with E-state index in [1.165, 1.54) is 0 Å². The fraction of sp³-hybridized carbons (Fsp3) is 0.368. The molecule has 0 amide bonds. The summed E-state index contributed by atoms with van der Waals surface area (Å²) in [5.41, 5.74) is 0.740. The normalized spacial score (nSPS) is 13.5. The van der Waals surface area contributed by atoms with E-state index in [0.717, 1.165) is 5.56 Å². The van der Waals surface area contributed by atoms with E-state index in [0.29, 0.717) is 17.2 Å². The fourth-order valence-electron chi connectivity index (χ4n) is 2.65. The fourth-order valence-corrected chi connectivity index (χ4v) is 2.84. The highest BCUT2D eigenvalue weighted by molar-refractivity contribution is 6.30. The molecule has 26 heavy (non-hydrogen) atoms. The minimum absolute atomic E-state index is 0.0402. The number of hydrogen-bond acceptors (Lipinski definition) is 4. The molecule has 0 fully saturated rings. The lowest BCUT2D eigenvalue weighted by Gasteiger charge is -2.18. The van der Waals surface area contributed by atoms with Gasteiger partial charge < -0.3 is 19.9 Å². The third-order valence-corrected chi connectivity index (χ3v) is 4.19. The number of carboxylic acids is 2. The van der Waals surface area contributed by atoms with Crippen LogP contribution in [0.4, 0.5) is 0 Å². The molecule has 2 atom stereocenters. The van der Waals surface area contributed by atoms with Gasteiger partial charge in [-0.25, -0.2) is 0 Å². The second kappa shape index (κ2) is 8.87. The zero-order chi connectivity index (χ0) is 19.3. The van der Waals surface area contributed by atoms with E-state index in [1.54, 1.807) is 30.3 Å². The SMILES string of the molecule is CC(C)CC(NCC(C(=O)O)c1ccc(-c2cccc(Cl)c2)o1)C(=O)O. The number of benzene rings is 1. The molecular weight excluding hydrogens is 358 g/mol. The van der Waals surface area contributed by atoms with Gasteiger partial charge in [0, 0.05) is 17.1 Å². The van der Waals surface area contributed by atoms with Crippen LogP contribution in [0.2, 0.25) is 5.02 Å². The molecule has 1 aromatic heterocycles. The highest BCUT2D eigenvalue weighted by Gasteiger charge is 2.27. The zero-order valence-electron chi connectivity index (χ0n) is 14.6. The first-order valence-electron chi connectivity index (χ1n) is 8.32. The van der Waals surface area contributed by atoms with E-state index >= 15 is 0 Å². The summed E-state index contributed by atoms with van der Waals surface area (Å²) in [5.74, 6) is -2.14. The van der Waals surface area contributed by atoms with Gasteiger partial charge in [-0.15, -0.1) is 0 Å². The van der Waals surface area contributed by atoms with Gasteiger partial charge in [-0.05, 0) is 36.6 Å². The third-order valence-electron chi connectivity index (χ3n) is 3.95. The summed E-state index contributed by atoms with van der Waals surface area (Å²) < 4.78 is 5.70. The molecule has 140 valence electrons. The van der Waals surface area contributed by atoms with Crippen LogP contribution in [0.15, 0.2) is 40.8 Å². The van der Waals surface area contributed by atoms with Crippen LogP contribution in [-0.4, -0.2) is 34.7 Å². The number of furan rings is 1. The number of nitrogens with one attached hydrogen (secondary N) is 1. The van der Waals surface area contributed by atoms with Gasteiger partial charge in [-0.2, -0.15) is 0 Å². The highest BCUT2D eigenvalue weighted by Crippen LogP contribution is 2.28. The molecule has 0 aliphatic rings. The lowest BCUT2D eigenvalue weighted by atomic mass is 10.0. The molecule has 0 aliphatic heterocycles. The number of aliphatic carboxylic acids is 2. The van der Waals surface area contributed by atoms with Crippen LogP contribution >= 0.6 is 11.6 Å². The molecule has 0 spiro atoms. The lowest BCUT2D eigenvalue weighted by molar-refractivity contribution is -0.142. The monoisotopic (exact) mass is 379 g/mol.